The number of carbonyl (C=O) groups is 1. The van der Waals surface area contributed by atoms with Crippen molar-refractivity contribution in [1.82, 2.24) is 19.7 Å². The highest BCUT2D eigenvalue weighted by molar-refractivity contribution is 5.79. The fourth-order valence-corrected chi connectivity index (χ4v) is 2.72. The molecule has 3 aromatic heterocycles. The predicted octanol–water partition coefficient (Wildman–Crippen LogP) is 2.64. The highest BCUT2D eigenvalue weighted by Crippen LogP contribution is 2.15. The summed E-state index contributed by atoms with van der Waals surface area (Å²) in [7, 11) is 0. The van der Waals surface area contributed by atoms with Crippen molar-refractivity contribution in [3.05, 3.63) is 65.9 Å². The SMILES string of the molecule is Cc1cccn2c(CNC(=O)Cc3nc4ccccc4o3)cnc12. The largest absolute Gasteiger partial charge is 0.440 e. The minimum absolute atomic E-state index is 0.116. The highest BCUT2D eigenvalue weighted by Gasteiger charge is 2.11. The Kier molecular flexibility index (Phi) is 3.49. The van der Waals surface area contributed by atoms with Crippen molar-refractivity contribution in [2.24, 2.45) is 0 Å². The van der Waals surface area contributed by atoms with Crippen LogP contribution in [0.3, 0.4) is 0 Å². The first kappa shape index (κ1) is 14.4. The fourth-order valence-electron chi connectivity index (χ4n) is 2.72. The Morgan fingerprint density at radius 1 is 1.25 bits per heavy atom. The average molecular weight is 320 g/mol. The molecule has 4 rings (SSSR count). The molecule has 3 heterocycles. The van der Waals surface area contributed by atoms with Crippen LogP contribution in [0.15, 0.2) is 53.2 Å². The Bertz CT molecular complexity index is 999. The van der Waals surface area contributed by atoms with Gasteiger partial charge in [-0.1, -0.05) is 18.2 Å². The van der Waals surface area contributed by atoms with Gasteiger partial charge in [-0.25, -0.2) is 9.97 Å². The third-order valence-electron chi connectivity index (χ3n) is 3.92. The standard InChI is InChI=1S/C18H16N4O2/c1-12-5-4-8-22-13(11-20-18(12)22)10-19-16(23)9-17-21-14-6-2-3-7-15(14)24-17/h2-8,11H,9-10H2,1H3,(H,19,23). The second kappa shape index (κ2) is 5.81. The van der Waals surface area contributed by atoms with E-state index < -0.39 is 0 Å². The van der Waals surface area contributed by atoms with Gasteiger partial charge in [0, 0.05) is 6.20 Å². The van der Waals surface area contributed by atoms with E-state index in [1.54, 1.807) is 6.20 Å². The van der Waals surface area contributed by atoms with Crippen molar-refractivity contribution in [2.45, 2.75) is 19.9 Å². The number of hydrogen-bond donors (Lipinski definition) is 1. The van der Waals surface area contributed by atoms with E-state index in [0.29, 0.717) is 18.0 Å². The minimum atomic E-state index is -0.135. The van der Waals surface area contributed by atoms with Gasteiger partial charge in [0.2, 0.25) is 11.8 Å². The Morgan fingerprint density at radius 3 is 3.00 bits per heavy atom. The summed E-state index contributed by atoms with van der Waals surface area (Å²) in [4.78, 5) is 20.9. The molecule has 0 fully saturated rings. The van der Waals surface area contributed by atoms with E-state index in [1.807, 2.05) is 53.9 Å². The van der Waals surface area contributed by atoms with E-state index >= 15 is 0 Å². The lowest BCUT2D eigenvalue weighted by molar-refractivity contribution is -0.120. The normalized spacial score (nSPS) is 11.2. The molecule has 0 atom stereocenters. The first-order chi connectivity index (χ1) is 11.7. The molecule has 4 aromatic rings. The molecule has 0 radical (unpaired) electrons. The molecule has 1 N–H and O–H groups in total. The van der Waals surface area contributed by atoms with Gasteiger partial charge in [-0.2, -0.15) is 0 Å². The lowest BCUT2D eigenvalue weighted by atomic mass is 10.3. The zero-order valence-corrected chi connectivity index (χ0v) is 13.2. The van der Waals surface area contributed by atoms with Crippen LogP contribution in [-0.2, 0) is 17.8 Å². The number of amides is 1. The Labute approximate surface area is 138 Å². The molecule has 24 heavy (non-hydrogen) atoms. The molecule has 0 spiro atoms. The number of hydrogen-bond acceptors (Lipinski definition) is 4. The lowest BCUT2D eigenvalue weighted by Gasteiger charge is -2.04. The molecule has 6 heteroatoms. The molecule has 0 aliphatic rings. The second-order valence-electron chi connectivity index (χ2n) is 5.66. The van der Waals surface area contributed by atoms with Crippen LogP contribution in [-0.4, -0.2) is 20.3 Å². The fraction of sp³-hybridized carbons (Fsp3) is 0.167. The third-order valence-corrected chi connectivity index (χ3v) is 3.92. The molecule has 0 saturated heterocycles. The van der Waals surface area contributed by atoms with Crippen LogP contribution in [0.4, 0.5) is 0 Å². The van der Waals surface area contributed by atoms with Gasteiger partial charge in [0.05, 0.1) is 18.4 Å². The van der Waals surface area contributed by atoms with Gasteiger partial charge in [-0.05, 0) is 30.7 Å². The molecular formula is C18H16N4O2. The van der Waals surface area contributed by atoms with Crippen LogP contribution in [0, 0.1) is 6.92 Å². The molecule has 120 valence electrons. The van der Waals surface area contributed by atoms with Crippen LogP contribution < -0.4 is 5.32 Å². The molecule has 1 aromatic carbocycles. The average Bonchev–Trinajstić information content (AvgIpc) is 3.17. The van der Waals surface area contributed by atoms with Gasteiger partial charge in [-0.15, -0.1) is 0 Å². The Morgan fingerprint density at radius 2 is 2.12 bits per heavy atom. The zero-order chi connectivity index (χ0) is 16.5. The number of nitrogens with one attached hydrogen (secondary N) is 1. The van der Waals surface area contributed by atoms with Gasteiger partial charge < -0.3 is 14.1 Å². The number of benzene rings is 1. The van der Waals surface area contributed by atoms with E-state index in [4.69, 9.17) is 4.42 Å². The number of fused-ring (bicyclic) bond motifs is 2. The Hall–Kier alpha value is -3.15. The first-order valence-corrected chi connectivity index (χ1v) is 7.73. The minimum Gasteiger partial charge on any atom is -0.440 e. The lowest BCUT2D eigenvalue weighted by Crippen LogP contribution is -2.25. The Balaban J connectivity index is 1.45. The van der Waals surface area contributed by atoms with Crippen LogP contribution in [0.5, 0.6) is 0 Å². The number of aromatic nitrogens is 3. The molecule has 0 aliphatic heterocycles. The van der Waals surface area contributed by atoms with Gasteiger partial charge in [0.1, 0.15) is 17.6 Å². The zero-order valence-electron chi connectivity index (χ0n) is 13.2. The van der Waals surface area contributed by atoms with Crippen molar-refractivity contribution in [3.8, 4) is 0 Å². The predicted molar refractivity (Wildman–Crippen MR) is 89.5 cm³/mol. The van der Waals surface area contributed by atoms with E-state index in [-0.39, 0.29) is 12.3 Å². The number of nitrogens with zero attached hydrogens (tertiary/aromatic N) is 3. The summed E-state index contributed by atoms with van der Waals surface area (Å²) in [6.07, 6.45) is 3.84. The number of oxazole rings is 1. The topological polar surface area (TPSA) is 72.4 Å². The summed E-state index contributed by atoms with van der Waals surface area (Å²) in [5.74, 6) is 0.284. The molecule has 0 aliphatic carbocycles. The van der Waals surface area contributed by atoms with Gasteiger partial charge in [0.15, 0.2) is 5.58 Å². The van der Waals surface area contributed by atoms with Crippen molar-refractivity contribution in [1.29, 1.82) is 0 Å². The molecule has 0 unspecified atom stereocenters. The van der Waals surface area contributed by atoms with E-state index in [2.05, 4.69) is 15.3 Å². The summed E-state index contributed by atoms with van der Waals surface area (Å²) in [5, 5.41) is 2.89. The van der Waals surface area contributed by atoms with Gasteiger partial charge >= 0.3 is 0 Å². The van der Waals surface area contributed by atoms with Crippen molar-refractivity contribution >= 4 is 22.7 Å². The number of aryl methyl sites for hydroxylation is 1. The monoisotopic (exact) mass is 320 g/mol. The maximum Gasteiger partial charge on any atom is 0.229 e. The second-order valence-corrected chi connectivity index (χ2v) is 5.66. The highest BCUT2D eigenvalue weighted by atomic mass is 16.3. The van der Waals surface area contributed by atoms with Gasteiger partial charge in [-0.3, -0.25) is 4.79 Å². The van der Waals surface area contributed by atoms with E-state index in [0.717, 1.165) is 22.4 Å². The summed E-state index contributed by atoms with van der Waals surface area (Å²) >= 11 is 0. The maximum atomic E-state index is 12.1. The molecule has 1 amide bonds. The summed E-state index contributed by atoms with van der Waals surface area (Å²) in [6.45, 7) is 2.42. The van der Waals surface area contributed by atoms with Crippen molar-refractivity contribution < 1.29 is 9.21 Å². The number of para-hydroxylation sites is 2. The molecular weight excluding hydrogens is 304 g/mol. The molecule has 0 saturated carbocycles. The number of pyridine rings is 1. The van der Waals surface area contributed by atoms with Crippen molar-refractivity contribution in [3.63, 3.8) is 0 Å². The van der Waals surface area contributed by atoms with Crippen LogP contribution in [0.25, 0.3) is 16.7 Å². The summed E-state index contributed by atoms with van der Waals surface area (Å²) < 4.78 is 7.55. The van der Waals surface area contributed by atoms with Crippen LogP contribution in [0.2, 0.25) is 0 Å². The summed E-state index contributed by atoms with van der Waals surface area (Å²) in [5.41, 5.74) is 4.39. The molecule has 6 nitrogen and oxygen atoms in total. The third kappa shape index (κ3) is 2.62. The first-order valence-electron chi connectivity index (χ1n) is 7.73. The van der Waals surface area contributed by atoms with Crippen molar-refractivity contribution in [2.75, 3.05) is 0 Å². The van der Waals surface area contributed by atoms with Gasteiger partial charge in [0.25, 0.3) is 0 Å². The number of carbonyl (C=O) groups excluding carboxylic acids is 1. The smallest absolute Gasteiger partial charge is 0.229 e. The van der Waals surface area contributed by atoms with E-state index in [9.17, 15) is 4.79 Å². The van der Waals surface area contributed by atoms with Crippen LogP contribution >= 0.6 is 0 Å². The summed E-state index contributed by atoms with van der Waals surface area (Å²) in [6, 6.07) is 11.4. The number of imidazole rings is 1. The molecule has 0 bridgehead atoms. The quantitative estimate of drug-likeness (QED) is 0.627. The van der Waals surface area contributed by atoms with Crippen LogP contribution in [0.1, 0.15) is 17.1 Å². The van der Waals surface area contributed by atoms with E-state index in [1.165, 1.54) is 0 Å². The maximum absolute atomic E-state index is 12.1. The number of rotatable bonds is 4.